The van der Waals surface area contributed by atoms with Gasteiger partial charge in [-0.3, -0.25) is 14.5 Å². The molecule has 1 N–H and O–H groups in total. The molecule has 3 aromatic rings. The number of anilines is 1. The van der Waals surface area contributed by atoms with Crippen LogP contribution in [0.25, 0.3) is 5.76 Å². The van der Waals surface area contributed by atoms with Crippen LogP contribution in [0.15, 0.2) is 54.1 Å². The molecule has 1 aromatic heterocycles. The summed E-state index contributed by atoms with van der Waals surface area (Å²) in [6.45, 7) is 6.09. The second kappa shape index (κ2) is 8.55. The van der Waals surface area contributed by atoms with Crippen LogP contribution < -0.4 is 9.64 Å². The molecule has 0 bridgehead atoms. The highest BCUT2D eigenvalue weighted by Crippen LogP contribution is 2.44. The zero-order valence-corrected chi connectivity index (χ0v) is 18.6. The quantitative estimate of drug-likeness (QED) is 0.338. The van der Waals surface area contributed by atoms with Crippen molar-refractivity contribution in [2.75, 3.05) is 11.5 Å². The lowest BCUT2D eigenvalue weighted by molar-refractivity contribution is -0.132. The van der Waals surface area contributed by atoms with Crippen molar-refractivity contribution in [2.24, 2.45) is 0 Å². The van der Waals surface area contributed by atoms with Gasteiger partial charge in [-0.2, -0.15) is 0 Å². The predicted octanol–water partition coefficient (Wildman–Crippen LogP) is 4.92. The van der Waals surface area contributed by atoms with Crippen molar-refractivity contribution in [2.45, 2.75) is 26.8 Å². The number of halogens is 1. The molecule has 2 heterocycles. The number of aliphatic hydroxyl groups excluding tert-OH is 1. The molecule has 164 valence electrons. The fraction of sp³-hybridized carbons (Fsp3) is 0.208. The summed E-state index contributed by atoms with van der Waals surface area (Å²) in [7, 11) is 0. The van der Waals surface area contributed by atoms with Gasteiger partial charge in [0.1, 0.15) is 17.3 Å². The number of rotatable bonds is 5. The fourth-order valence-electron chi connectivity index (χ4n) is 3.58. The molecule has 0 aliphatic carbocycles. The second-order valence-corrected chi connectivity index (χ2v) is 8.50. The molecule has 1 atom stereocenters. The maximum atomic E-state index is 13.4. The molecule has 1 aliphatic heterocycles. The number of thiazole rings is 1. The van der Waals surface area contributed by atoms with Crippen molar-refractivity contribution >= 4 is 33.9 Å². The molecule has 1 amide bonds. The second-order valence-electron chi connectivity index (χ2n) is 7.32. The third-order valence-electron chi connectivity index (χ3n) is 5.29. The zero-order valence-electron chi connectivity index (χ0n) is 17.8. The molecule has 1 saturated heterocycles. The van der Waals surface area contributed by atoms with E-state index in [-0.39, 0.29) is 16.9 Å². The minimum atomic E-state index is -0.888. The van der Waals surface area contributed by atoms with E-state index >= 15 is 0 Å². The van der Waals surface area contributed by atoms with Gasteiger partial charge in [-0.1, -0.05) is 12.1 Å². The predicted molar refractivity (Wildman–Crippen MR) is 120 cm³/mol. The van der Waals surface area contributed by atoms with Gasteiger partial charge < -0.3 is 9.84 Å². The number of aromatic nitrogens is 1. The maximum Gasteiger partial charge on any atom is 0.301 e. The van der Waals surface area contributed by atoms with Gasteiger partial charge in [-0.15, -0.1) is 11.3 Å². The number of Topliss-reactive ketones (excluding diaryl/α,β-unsaturated/α-hetero) is 1. The number of aliphatic hydroxyl groups is 1. The summed E-state index contributed by atoms with van der Waals surface area (Å²) in [6, 6.07) is 11.2. The first-order valence-electron chi connectivity index (χ1n) is 10.1. The Morgan fingerprint density at radius 2 is 1.78 bits per heavy atom. The number of carbonyl (C=O) groups is 2. The largest absolute Gasteiger partial charge is 0.507 e. The molecule has 6 nitrogen and oxygen atoms in total. The normalized spacial score (nSPS) is 17.8. The third kappa shape index (κ3) is 3.78. The van der Waals surface area contributed by atoms with Crippen molar-refractivity contribution in [3.63, 3.8) is 0 Å². The van der Waals surface area contributed by atoms with Gasteiger partial charge >= 0.3 is 5.91 Å². The summed E-state index contributed by atoms with van der Waals surface area (Å²) in [5, 5.41) is 11.4. The van der Waals surface area contributed by atoms with E-state index in [4.69, 9.17) is 4.74 Å². The van der Waals surface area contributed by atoms with Crippen molar-refractivity contribution in [3.05, 3.63) is 81.6 Å². The summed E-state index contributed by atoms with van der Waals surface area (Å²) in [4.78, 5) is 32.9. The minimum absolute atomic E-state index is 0.0729. The van der Waals surface area contributed by atoms with E-state index in [1.165, 1.54) is 40.5 Å². The van der Waals surface area contributed by atoms with E-state index in [9.17, 15) is 19.1 Å². The van der Waals surface area contributed by atoms with E-state index in [1.807, 2.05) is 20.8 Å². The van der Waals surface area contributed by atoms with E-state index in [2.05, 4.69) is 4.98 Å². The lowest BCUT2D eigenvalue weighted by Crippen LogP contribution is -2.29. The van der Waals surface area contributed by atoms with Gasteiger partial charge in [0, 0.05) is 10.4 Å². The smallest absolute Gasteiger partial charge is 0.301 e. The van der Waals surface area contributed by atoms with Crippen LogP contribution in [0.1, 0.15) is 34.7 Å². The highest BCUT2D eigenvalue weighted by molar-refractivity contribution is 7.16. The highest BCUT2D eigenvalue weighted by atomic mass is 32.1. The molecule has 8 heteroatoms. The lowest BCUT2D eigenvalue weighted by Gasteiger charge is -2.23. The molecule has 1 fully saturated rings. The Morgan fingerprint density at radius 1 is 1.12 bits per heavy atom. The number of nitrogens with zero attached hydrogens (tertiary/aromatic N) is 2. The topological polar surface area (TPSA) is 79.7 Å². The van der Waals surface area contributed by atoms with Gasteiger partial charge in [-0.25, -0.2) is 9.37 Å². The number of ketones is 1. The minimum Gasteiger partial charge on any atom is -0.507 e. The zero-order chi connectivity index (χ0) is 23.0. The number of carbonyl (C=O) groups excluding carboxylic acids is 2. The van der Waals surface area contributed by atoms with Crippen LogP contribution in [0.4, 0.5) is 9.52 Å². The number of ether oxygens (including phenoxy) is 1. The first kappa shape index (κ1) is 21.7. The average Bonchev–Trinajstić information content (AvgIpc) is 3.24. The maximum absolute atomic E-state index is 13.4. The Hall–Kier alpha value is -3.52. The number of hydrogen-bond donors (Lipinski definition) is 1. The summed E-state index contributed by atoms with van der Waals surface area (Å²) in [6.07, 6.45) is 0. The lowest BCUT2D eigenvalue weighted by atomic mass is 9.95. The molecule has 0 radical (unpaired) electrons. The monoisotopic (exact) mass is 452 g/mol. The molecule has 4 rings (SSSR count). The first-order valence-corrected chi connectivity index (χ1v) is 10.9. The Labute approximate surface area is 188 Å². The fourth-order valence-corrected chi connectivity index (χ4v) is 4.52. The van der Waals surface area contributed by atoms with Gasteiger partial charge in [0.05, 0.1) is 23.9 Å². The number of benzene rings is 2. The van der Waals surface area contributed by atoms with Crippen LogP contribution in [0, 0.1) is 19.7 Å². The van der Waals surface area contributed by atoms with Crippen LogP contribution in [-0.2, 0) is 9.59 Å². The van der Waals surface area contributed by atoms with Gasteiger partial charge in [0.25, 0.3) is 5.78 Å². The number of amides is 1. The summed E-state index contributed by atoms with van der Waals surface area (Å²) in [5.41, 5.74) is 1.54. The standard InChI is InChI=1S/C24H21FN2O4S/c1-4-31-18-11-7-15(8-12-18)20-19(21(28)16-5-9-17(25)10-6-16)22(29)23(30)27(20)24-26-13(2)14(3)32-24/h5-12,20,28H,4H2,1-3H3/b21-19+/t20-/m0/s1. The highest BCUT2D eigenvalue weighted by Gasteiger charge is 2.48. The van der Waals surface area contributed by atoms with Crippen LogP contribution in [0.3, 0.4) is 0 Å². The van der Waals surface area contributed by atoms with Crippen LogP contribution in [0.5, 0.6) is 5.75 Å². The van der Waals surface area contributed by atoms with E-state index in [0.29, 0.717) is 23.1 Å². The van der Waals surface area contributed by atoms with E-state index in [0.717, 1.165) is 10.6 Å². The Bertz CT molecular complexity index is 1200. The Balaban J connectivity index is 1.90. The van der Waals surface area contributed by atoms with Crippen LogP contribution in [-0.4, -0.2) is 28.4 Å². The van der Waals surface area contributed by atoms with E-state index < -0.39 is 23.5 Å². The molecule has 2 aromatic carbocycles. The summed E-state index contributed by atoms with van der Waals surface area (Å²) >= 11 is 1.30. The van der Waals surface area contributed by atoms with Crippen molar-refractivity contribution < 1.29 is 23.8 Å². The van der Waals surface area contributed by atoms with Crippen molar-refractivity contribution in [3.8, 4) is 5.75 Å². The number of hydrogen-bond acceptors (Lipinski definition) is 6. The van der Waals surface area contributed by atoms with Gasteiger partial charge in [-0.05, 0) is 62.7 Å². The van der Waals surface area contributed by atoms with Crippen molar-refractivity contribution in [1.82, 2.24) is 4.98 Å². The molecule has 0 unspecified atom stereocenters. The van der Waals surface area contributed by atoms with E-state index in [1.54, 1.807) is 24.3 Å². The number of aryl methyl sites for hydroxylation is 2. The third-order valence-corrected chi connectivity index (χ3v) is 6.36. The van der Waals surface area contributed by atoms with Gasteiger partial charge in [0.15, 0.2) is 5.13 Å². The molecule has 1 aliphatic rings. The SMILES string of the molecule is CCOc1ccc([C@H]2/C(=C(\O)c3ccc(F)cc3)C(=O)C(=O)N2c2nc(C)c(C)s2)cc1. The van der Waals surface area contributed by atoms with Crippen molar-refractivity contribution in [1.29, 1.82) is 0 Å². The summed E-state index contributed by atoms with van der Waals surface area (Å²) in [5.74, 6) is -1.79. The Morgan fingerprint density at radius 3 is 2.34 bits per heavy atom. The molecular formula is C24H21FN2O4S. The molecule has 32 heavy (non-hydrogen) atoms. The average molecular weight is 453 g/mol. The first-order chi connectivity index (χ1) is 15.3. The van der Waals surface area contributed by atoms with Gasteiger partial charge in [0.2, 0.25) is 0 Å². The summed E-state index contributed by atoms with van der Waals surface area (Å²) < 4.78 is 18.9. The van der Waals surface area contributed by atoms with Crippen LogP contribution in [0.2, 0.25) is 0 Å². The molecule has 0 spiro atoms. The Kier molecular flexibility index (Phi) is 5.80. The van der Waals surface area contributed by atoms with Crippen LogP contribution >= 0.6 is 11.3 Å². The molecular weight excluding hydrogens is 431 g/mol. The molecule has 0 saturated carbocycles.